The van der Waals surface area contributed by atoms with E-state index >= 15 is 0 Å². The van der Waals surface area contributed by atoms with Crippen LogP contribution in [0.1, 0.15) is 16.2 Å². The van der Waals surface area contributed by atoms with Gasteiger partial charge in [-0.3, -0.25) is 4.79 Å². The summed E-state index contributed by atoms with van der Waals surface area (Å²) in [5.41, 5.74) is 2.07. The quantitative estimate of drug-likeness (QED) is 0.743. The van der Waals surface area contributed by atoms with E-state index in [4.69, 9.17) is 16.1 Å². The molecule has 2 aromatic carbocycles. The van der Waals surface area contributed by atoms with Gasteiger partial charge in [-0.15, -0.1) is 0 Å². The van der Waals surface area contributed by atoms with Crippen molar-refractivity contribution >= 4 is 23.2 Å². The number of amides is 1. The van der Waals surface area contributed by atoms with Crippen LogP contribution in [-0.4, -0.2) is 23.1 Å². The van der Waals surface area contributed by atoms with E-state index in [1.165, 1.54) is 0 Å². The Morgan fingerprint density at radius 3 is 2.67 bits per heavy atom. The third-order valence-electron chi connectivity index (χ3n) is 3.40. The molecule has 0 spiro atoms. The Morgan fingerprint density at radius 2 is 1.92 bits per heavy atom. The molecule has 0 saturated carbocycles. The Hall–Kier alpha value is -2.86. The van der Waals surface area contributed by atoms with Gasteiger partial charge in [0.15, 0.2) is 0 Å². The molecule has 0 radical (unpaired) electrons. The van der Waals surface area contributed by atoms with Crippen molar-refractivity contribution < 1.29 is 9.32 Å². The standard InChI is InChI=1S/C17H15ClN4O2/c1-19-17(23)13-4-2-3-5-14(13)20-10-15-21-16(22-24-15)11-6-8-12(18)9-7-11/h2-9,20H,10H2,1H3,(H,19,23). The predicted octanol–water partition coefficient (Wildman–Crippen LogP) is 3.36. The molecule has 0 aliphatic rings. The second kappa shape index (κ2) is 7.14. The molecule has 1 aromatic heterocycles. The van der Waals surface area contributed by atoms with E-state index < -0.39 is 0 Å². The number of benzene rings is 2. The lowest BCUT2D eigenvalue weighted by atomic mass is 10.1. The highest BCUT2D eigenvalue weighted by Crippen LogP contribution is 2.20. The summed E-state index contributed by atoms with van der Waals surface area (Å²) in [5.74, 6) is 0.750. The van der Waals surface area contributed by atoms with Gasteiger partial charge in [0.1, 0.15) is 0 Å². The molecule has 6 nitrogen and oxygen atoms in total. The first-order valence-electron chi connectivity index (χ1n) is 7.31. The number of hydrogen-bond donors (Lipinski definition) is 2. The minimum atomic E-state index is -0.162. The van der Waals surface area contributed by atoms with Gasteiger partial charge in [-0.1, -0.05) is 28.9 Å². The number of halogens is 1. The summed E-state index contributed by atoms with van der Waals surface area (Å²) < 4.78 is 5.24. The smallest absolute Gasteiger partial charge is 0.253 e. The maximum absolute atomic E-state index is 11.8. The van der Waals surface area contributed by atoms with Gasteiger partial charge in [0.2, 0.25) is 11.7 Å². The fourth-order valence-electron chi connectivity index (χ4n) is 2.18. The summed E-state index contributed by atoms with van der Waals surface area (Å²) in [4.78, 5) is 16.2. The first-order valence-corrected chi connectivity index (χ1v) is 7.68. The Bertz CT molecular complexity index is 846. The SMILES string of the molecule is CNC(=O)c1ccccc1NCc1nc(-c2ccc(Cl)cc2)no1. The Morgan fingerprint density at radius 1 is 1.17 bits per heavy atom. The van der Waals surface area contributed by atoms with Crippen LogP contribution >= 0.6 is 11.6 Å². The number of carbonyl (C=O) groups excluding carboxylic acids is 1. The second-order valence-corrected chi connectivity index (χ2v) is 5.43. The van der Waals surface area contributed by atoms with E-state index in [1.807, 2.05) is 24.3 Å². The van der Waals surface area contributed by atoms with Crippen molar-refractivity contribution in [2.24, 2.45) is 0 Å². The van der Waals surface area contributed by atoms with Gasteiger partial charge in [0, 0.05) is 23.3 Å². The van der Waals surface area contributed by atoms with E-state index in [9.17, 15) is 4.79 Å². The fraction of sp³-hybridized carbons (Fsp3) is 0.118. The number of nitrogens with one attached hydrogen (secondary N) is 2. The van der Waals surface area contributed by atoms with Gasteiger partial charge in [0.25, 0.3) is 5.91 Å². The molecule has 3 rings (SSSR count). The lowest BCUT2D eigenvalue weighted by Crippen LogP contribution is -2.19. The summed E-state index contributed by atoms with van der Waals surface area (Å²) in [6, 6.07) is 14.4. The van der Waals surface area contributed by atoms with Crippen molar-refractivity contribution in [2.75, 3.05) is 12.4 Å². The lowest BCUT2D eigenvalue weighted by Gasteiger charge is -2.09. The molecule has 0 bridgehead atoms. The molecule has 24 heavy (non-hydrogen) atoms. The monoisotopic (exact) mass is 342 g/mol. The van der Waals surface area contributed by atoms with Crippen LogP contribution in [0.15, 0.2) is 53.1 Å². The lowest BCUT2D eigenvalue weighted by molar-refractivity contribution is 0.0964. The highest BCUT2D eigenvalue weighted by molar-refractivity contribution is 6.30. The Labute approximate surface area is 143 Å². The zero-order valence-electron chi connectivity index (χ0n) is 12.9. The van der Waals surface area contributed by atoms with E-state index in [-0.39, 0.29) is 5.91 Å². The van der Waals surface area contributed by atoms with Crippen LogP contribution in [0.4, 0.5) is 5.69 Å². The third kappa shape index (κ3) is 3.55. The molecule has 0 aliphatic heterocycles. The zero-order chi connectivity index (χ0) is 16.9. The van der Waals surface area contributed by atoms with Crippen LogP contribution in [0.2, 0.25) is 5.02 Å². The second-order valence-electron chi connectivity index (χ2n) is 5.00. The van der Waals surface area contributed by atoms with E-state index in [2.05, 4.69) is 20.8 Å². The topological polar surface area (TPSA) is 80.0 Å². The third-order valence-corrected chi connectivity index (χ3v) is 3.65. The van der Waals surface area contributed by atoms with Gasteiger partial charge in [0.05, 0.1) is 12.1 Å². The van der Waals surface area contributed by atoms with Crippen LogP contribution < -0.4 is 10.6 Å². The van der Waals surface area contributed by atoms with Crippen LogP contribution in [0.5, 0.6) is 0 Å². The van der Waals surface area contributed by atoms with Crippen molar-refractivity contribution in [1.82, 2.24) is 15.5 Å². The molecule has 0 saturated heterocycles. The van der Waals surface area contributed by atoms with E-state index in [0.717, 1.165) is 5.56 Å². The Balaban J connectivity index is 1.72. The predicted molar refractivity (Wildman–Crippen MR) is 91.9 cm³/mol. The highest BCUT2D eigenvalue weighted by atomic mass is 35.5. The number of para-hydroxylation sites is 1. The molecule has 3 aromatic rings. The fourth-order valence-corrected chi connectivity index (χ4v) is 2.31. The molecule has 0 aliphatic carbocycles. The van der Waals surface area contributed by atoms with Gasteiger partial charge in [-0.25, -0.2) is 0 Å². The van der Waals surface area contributed by atoms with E-state index in [0.29, 0.717) is 34.5 Å². The molecule has 1 amide bonds. The number of aromatic nitrogens is 2. The minimum absolute atomic E-state index is 0.162. The maximum Gasteiger partial charge on any atom is 0.253 e. The molecule has 7 heteroatoms. The highest BCUT2D eigenvalue weighted by Gasteiger charge is 2.11. The van der Waals surface area contributed by atoms with Crippen molar-refractivity contribution in [3.05, 3.63) is 65.0 Å². The molecule has 1 heterocycles. The average molecular weight is 343 g/mol. The molecule has 0 unspecified atom stereocenters. The van der Waals surface area contributed by atoms with E-state index in [1.54, 1.807) is 31.3 Å². The minimum Gasteiger partial charge on any atom is -0.375 e. The molecule has 0 fully saturated rings. The summed E-state index contributed by atoms with van der Waals surface area (Å²) >= 11 is 5.87. The van der Waals surface area contributed by atoms with Crippen molar-refractivity contribution in [3.63, 3.8) is 0 Å². The normalized spacial score (nSPS) is 10.4. The van der Waals surface area contributed by atoms with Crippen molar-refractivity contribution in [3.8, 4) is 11.4 Å². The van der Waals surface area contributed by atoms with Gasteiger partial charge >= 0.3 is 0 Å². The summed E-state index contributed by atoms with van der Waals surface area (Å²) in [5, 5.41) is 10.4. The summed E-state index contributed by atoms with van der Waals surface area (Å²) in [6.45, 7) is 0.314. The van der Waals surface area contributed by atoms with Crippen LogP contribution in [0.25, 0.3) is 11.4 Å². The zero-order valence-corrected chi connectivity index (χ0v) is 13.7. The van der Waals surface area contributed by atoms with Gasteiger partial charge < -0.3 is 15.2 Å². The van der Waals surface area contributed by atoms with Crippen molar-refractivity contribution in [2.45, 2.75) is 6.54 Å². The van der Waals surface area contributed by atoms with Gasteiger partial charge in [-0.05, 0) is 36.4 Å². The first-order chi connectivity index (χ1) is 11.7. The molecular formula is C17H15ClN4O2. The number of nitrogens with zero attached hydrogens (tertiary/aromatic N) is 2. The Kier molecular flexibility index (Phi) is 4.77. The molecule has 2 N–H and O–H groups in total. The summed E-state index contributed by atoms with van der Waals surface area (Å²) in [6.07, 6.45) is 0. The molecular weight excluding hydrogens is 328 g/mol. The number of carbonyl (C=O) groups is 1. The average Bonchev–Trinajstić information content (AvgIpc) is 3.09. The van der Waals surface area contributed by atoms with Crippen LogP contribution in [-0.2, 0) is 6.54 Å². The first kappa shape index (κ1) is 16.0. The number of anilines is 1. The number of rotatable bonds is 5. The maximum atomic E-state index is 11.8. The van der Waals surface area contributed by atoms with Crippen LogP contribution in [0, 0.1) is 0 Å². The molecule has 0 atom stereocenters. The molecule has 122 valence electrons. The van der Waals surface area contributed by atoms with Gasteiger partial charge in [-0.2, -0.15) is 4.98 Å². The number of hydrogen-bond acceptors (Lipinski definition) is 5. The van der Waals surface area contributed by atoms with Crippen molar-refractivity contribution in [1.29, 1.82) is 0 Å². The largest absolute Gasteiger partial charge is 0.375 e. The van der Waals surface area contributed by atoms with Crippen LogP contribution in [0.3, 0.4) is 0 Å². The summed E-state index contributed by atoms with van der Waals surface area (Å²) in [7, 11) is 1.59.